The van der Waals surface area contributed by atoms with Gasteiger partial charge < -0.3 is 15.4 Å². The number of hydrogen-bond donors (Lipinski definition) is 2. The zero-order valence-corrected chi connectivity index (χ0v) is 15.4. The van der Waals surface area contributed by atoms with Crippen LogP contribution in [0.5, 0.6) is 0 Å². The highest BCUT2D eigenvalue weighted by molar-refractivity contribution is 5.85. The van der Waals surface area contributed by atoms with Crippen molar-refractivity contribution in [1.82, 2.24) is 20.4 Å². The SMILES string of the molecule is CCOC(=O)N[C@@H](C(=O)NCc1ccccc1Cn1cccn1)C(C)C. The van der Waals surface area contributed by atoms with Gasteiger partial charge in [-0.25, -0.2) is 4.79 Å². The zero-order valence-electron chi connectivity index (χ0n) is 15.4. The van der Waals surface area contributed by atoms with E-state index in [2.05, 4.69) is 15.7 Å². The molecular weight excluding hydrogens is 332 g/mol. The summed E-state index contributed by atoms with van der Waals surface area (Å²) in [4.78, 5) is 24.2. The van der Waals surface area contributed by atoms with Crippen molar-refractivity contribution in [3.05, 3.63) is 53.9 Å². The molecule has 2 amide bonds. The molecule has 2 aromatic rings. The first-order valence-corrected chi connectivity index (χ1v) is 8.76. The third-order valence-electron chi connectivity index (χ3n) is 3.96. The van der Waals surface area contributed by atoms with Crippen LogP contribution in [-0.4, -0.2) is 34.4 Å². The first kappa shape index (κ1) is 19.5. The molecule has 1 heterocycles. The summed E-state index contributed by atoms with van der Waals surface area (Å²) >= 11 is 0. The quantitative estimate of drug-likeness (QED) is 0.758. The molecule has 2 rings (SSSR count). The lowest BCUT2D eigenvalue weighted by Crippen LogP contribution is -2.49. The molecule has 2 N–H and O–H groups in total. The summed E-state index contributed by atoms with van der Waals surface area (Å²) in [5, 5.41) is 9.74. The molecule has 1 aromatic carbocycles. The minimum atomic E-state index is -0.646. The van der Waals surface area contributed by atoms with Crippen molar-refractivity contribution < 1.29 is 14.3 Å². The van der Waals surface area contributed by atoms with Crippen LogP contribution in [0.3, 0.4) is 0 Å². The molecule has 7 heteroatoms. The van der Waals surface area contributed by atoms with Gasteiger partial charge in [0.15, 0.2) is 0 Å². The normalized spacial score (nSPS) is 11.8. The number of nitrogens with one attached hydrogen (secondary N) is 2. The van der Waals surface area contributed by atoms with E-state index in [9.17, 15) is 9.59 Å². The molecule has 0 unspecified atom stereocenters. The van der Waals surface area contributed by atoms with Crippen molar-refractivity contribution in [3.63, 3.8) is 0 Å². The molecule has 0 aliphatic heterocycles. The molecule has 0 fully saturated rings. The largest absolute Gasteiger partial charge is 0.450 e. The van der Waals surface area contributed by atoms with Crippen LogP contribution in [-0.2, 0) is 22.6 Å². The summed E-state index contributed by atoms with van der Waals surface area (Å²) in [7, 11) is 0. The topological polar surface area (TPSA) is 85.2 Å². The number of carbonyl (C=O) groups is 2. The fourth-order valence-electron chi connectivity index (χ4n) is 2.58. The monoisotopic (exact) mass is 358 g/mol. The van der Waals surface area contributed by atoms with E-state index in [0.717, 1.165) is 11.1 Å². The number of nitrogens with zero attached hydrogens (tertiary/aromatic N) is 2. The Balaban J connectivity index is 2.00. The molecule has 1 aromatic heterocycles. The molecule has 0 bridgehead atoms. The highest BCUT2D eigenvalue weighted by atomic mass is 16.5. The van der Waals surface area contributed by atoms with E-state index in [1.807, 2.05) is 55.1 Å². The second-order valence-electron chi connectivity index (χ2n) is 6.28. The maximum atomic E-state index is 12.5. The van der Waals surface area contributed by atoms with E-state index < -0.39 is 12.1 Å². The summed E-state index contributed by atoms with van der Waals surface area (Å²) < 4.78 is 6.71. The number of hydrogen-bond acceptors (Lipinski definition) is 4. The Hall–Kier alpha value is -2.83. The van der Waals surface area contributed by atoms with E-state index in [1.54, 1.807) is 13.1 Å². The molecular formula is C19H26N4O3. The molecule has 0 radical (unpaired) electrons. The van der Waals surface area contributed by atoms with Gasteiger partial charge in [-0.15, -0.1) is 0 Å². The molecule has 0 saturated heterocycles. The van der Waals surface area contributed by atoms with Crippen molar-refractivity contribution >= 4 is 12.0 Å². The van der Waals surface area contributed by atoms with Gasteiger partial charge in [-0.05, 0) is 30.0 Å². The van der Waals surface area contributed by atoms with Crippen LogP contribution in [0.2, 0.25) is 0 Å². The molecule has 7 nitrogen and oxygen atoms in total. The van der Waals surface area contributed by atoms with Gasteiger partial charge in [0.25, 0.3) is 0 Å². The van der Waals surface area contributed by atoms with Gasteiger partial charge >= 0.3 is 6.09 Å². The molecule has 0 aliphatic rings. The Bertz CT molecular complexity index is 713. The summed E-state index contributed by atoms with van der Waals surface area (Å²) in [6.45, 7) is 6.75. The lowest BCUT2D eigenvalue weighted by Gasteiger charge is -2.21. The van der Waals surface area contributed by atoms with Crippen LogP contribution < -0.4 is 10.6 Å². The van der Waals surface area contributed by atoms with Gasteiger partial charge in [-0.1, -0.05) is 38.1 Å². The summed E-state index contributed by atoms with van der Waals surface area (Å²) in [6, 6.07) is 9.11. The smallest absolute Gasteiger partial charge is 0.407 e. The second-order valence-corrected chi connectivity index (χ2v) is 6.28. The van der Waals surface area contributed by atoms with E-state index in [-0.39, 0.29) is 18.4 Å². The molecule has 26 heavy (non-hydrogen) atoms. The molecule has 0 aliphatic carbocycles. The van der Waals surface area contributed by atoms with E-state index >= 15 is 0 Å². The lowest BCUT2D eigenvalue weighted by molar-refractivity contribution is -0.124. The van der Waals surface area contributed by atoms with E-state index in [1.165, 1.54) is 0 Å². The minimum Gasteiger partial charge on any atom is -0.450 e. The number of carbonyl (C=O) groups excluding carboxylic acids is 2. The van der Waals surface area contributed by atoms with E-state index in [0.29, 0.717) is 13.1 Å². The number of alkyl carbamates (subject to hydrolysis) is 1. The Kier molecular flexibility index (Phi) is 7.20. The molecule has 1 atom stereocenters. The van der Waals surface area contributed by atoms with Crippen molar-refractivity contribution in [2.24, 2.45) is 5.92 Å². The van der Waals surface area contributed by atoms with Gasteiger partial charge in [-0.2, -0.15) is 5.10 Å². The molecule has 140 valence electrons. The number of amides is 2. The van der Waals surface area contributed by atoms with Gasteiger partial charge in [0.1, 0.15) is 6.04 Å². The van der Waals surface area contributed by atoms with Crippen LogP contribution in [0, 0.1) is 5.92 Å². The third-order valence-corrected chi connectivity index (χ3v) is 3.96. The van der Waals surface area contributed by atoms with Crippen LogP contribution in [0.15, 0.2) is 42.7 Å². The predicted octanol–water partition coefficient (Wildman–Crippen LogP) is 2.32. The van der Waals surface area contributed by atoms with Crippen molar-refractivity contribution in [3.8, 4) is 0 Å². The first-order chi connectivity index (χ1) is 12.5. The molecule has 0 saturated carbocycles. The third kappa shape index (κ3) is 5.61. The van der Waals surface area contributed by atoms with Crippen molar-refractivity contribution in [1.29, 1.82) is 0 Å². The van der Waals surface area contributed by atoms with Gasteiger partial charge in [0, 0.05) is 18.9 Å². The van der Waals surface area contributed by atoms with Gasteiger partial charge in [0.05, 0.1) is 13.2 Å². The van der Waals surface area contributed by atoms with Gasteiger partial charge in [0.2, 0.25) is 5.91 Å². The minimum absolute atomic E-state index is 0.0567. The Labute approximate surface area is 153 Å². The second kappa shape index (κ2) is 9.60. The fraction of sp³-hybridized carbons (Fsp3) is 0.421. The zero-order chi connectivity index (χ0) is 18.9. The van der Waals surface area contributed by atoms with Crippen LogP contribution in [0.25, 0.3) is 0 Å². The van der Waals surface area contributed by atoms with Gasteiger partial charge in [-0.3, -0.25) is 9.48 Å². The lowest BCUT2D eigenvalue weighted by atomic mass is 10.0. The summed E-state index contributed by atoms with van der Waals surface area (Å²) in [5.74, 6) is -0.291. The summed E-state index contributed by atoms with van der Waals surface area (Å²) in [6.07, 6.45) is 3.05. The summed E-state index contributed by atoms with van der Waals surface area (Å²) in [5.41, 5.74) is 2.09. The predicted molar refractivity (Wildman–Crippen MR) is 98.4 cm³/mol. The van der Waals surface area contributed by atoms with Crippen LogP contribution in [0.1, 0.15) is 31.9 Å². The Morgan fingerprint density at radius 2 is 1.92 bits per heavy atom. The Morgan fingerprint density at radius 3 is 2.54 bits per heavy atom. The van der Waals surface area contributed by atoms with Crippen molar-refractivity contribution in [2.75, 3.05) is 6.61 Å². The number of rotatable bonds is 8. The van der Waals surface area contributed by atoms with Crippen LogP contribution in [0.4, 0.5) is 4.79 Å². The average molecular weight is 358 g/mol. The van der Waals surface area contributed by atoms with E-state index in [4.69, 9.17) is 4.74 Å². The number of aromatic nitrogens is 2. The first-order valence-electron chi connectivity index (χ1n) is 8.76. The fourth-order valence-corrected chi connectivity index (χ4v) is 2.58. The maximum absolute atomic E-state index is 12.5. The van der Waals surface area contributed by atoms with Crippen LogP contribution >= 0.6 is 0 Å². The highest BCUT2D eigenvalue weighted by Crippen LogP contribution is 2.11. The molecule has 0 spiro atoms. The number of ether oxygens (including phenoxy) is 1. The highest BCUT2D eigenvalue weighted by Gasteiger charge is 2.24. The Morgan fingerprint density at radius 1 is 1.19 bits per heavy atom. The average Bonchev–Trinajstić information content (AvgIpc) is 3.11. The van der Waals surface area contributed by atoms with Crippen molar-refractivity contribution in [2.45, 2.75) is 39.9 Å². The number of benzene rings is 1. The standard InChI is InChI=1S/C19H26N4O3/c1-4-26-19(25)22-17(14(2)3)18(24)20-12-15-8-5-6-9-16(15)13-23-11-7-10-21-23/h5-11,14,17H,4,12-13H2,1-3H3,(H,20,24)(H,22,25)/t17-/m1/s1. The maximum Gasteiger partial charge on any atom is 0.407 e.